The number of hydrogen-bond acceptors (Lipinski definition) is 6. The number of rotatable bonds is 5. The number of halogens is 1. The summed E-state index contributed by atoms with van der Waals surface area (Å²) in [6.45, 7) is 6.03. The summed E-state index contributed by atoms with van der Waals surface area (Å²) in [4.78, 5) is 20.6. The first kappa shape index (κ1) is 28.1. The van der Waals surface area contributed by atoms with Gasteiger partial charge in [0.25, 0.3) is 5.91 Å². The van der Waals surface area contributed by atoms with E-state index in [1.807, 2.05) is 72.5 Å². The van der Waals surface area contributed by atoms with Gasteiger partial charge in [-0.05, 0) is 78.6 Å². The highest BCUT2D eigenvalue weighted by atomic mass is 35.5. The minimum absolute atomic E-state index is 0.172. The summed E-state index contributed by atoms with van der Waals surface area (Å²) in [5.41, 5.74) is 5.47. The summed E-state index contributed by atoms with van der Waals surface area (Å²) in [5.74, 6) is 0.651. The summed E-state index contributed by atoms with van der Waals surface area (Å²) in [5, 5.41) is 8.34. The molecule has 2 aliphatic rings. The van der Waals surface area contributed by atoms with Gasteiger partial charge in [0.15, 0.2) is 5.82 Å². The average molecular weight is 622 g/mol. The van der Waals surface area contributed by atoms with E-state index < -0.39 is 15.9 Å². The highest BCUT2D eigenvalue weighted by molar-refractivity contribution is 7.91. The molecule has 8 nitrogen and oxygen atoms in total. The summed E-state index contributed by atoms with van der Waals surface area (Å²) in [6, 6.07) is 28.2. The van der Waals surface area contributed by atoms with Crippen LogP contribution in [0.4, 0.5) is 17.2 Å². The zero-order valence-electron chi connectivity index (χ0n) is 24.2. The first-order valence-corrected chi connectivity index (χ1v) is 16.1. The monoisotopic (exact) mass is 621 g/mol. The van der Waals surface area contributed by atoms with Crippen LogP contribution >= 0.6 is 11.6 Å². The summed E-state index contributed by atoms with van der Waals surface area (Å²) in [7, 11) is -3.73. The Hall–Kier alpha value is -4.73. The smallest absolute Gasteiger partial charge is 0.291 e. The predicted molar refractivity (Wildman–Crippen MR) is 172 cm³/mol. The molecule has 1 aromatic heterocycles. The van der Waals surface area contributed by atoms with E-state index in [0.717, 1.165) is 22.4 Å². The zero-order chi connectivity index (χ0) is 30.7. The molecule has 1 N–H and O–H groups in total. The fraction of sp³-hybridized carbons (Fsp3) is 0.147. The molecular formula is C34H28ClN5O3S. The van der Waals surface area contributed by atoms with Gasteiger partial charge in [0, 0.05) is 10.6 Å². The van der Waals surface area contributed by atoms with Gasteiger partial charge in [0.1, 0.15) is 0 Å². The second-order valence-corrected chi connectivity index (χ2v) is 13.5. The second-order valence-electron chi connectivity index (χ2n) is 11.2. The third kappa shape index (κ3) is 4.42. The van der Waals surface area contributed by atoms with Crippen molar-refractivity contribution in [1.82, 2.24) is 9.78 Å². The Bertz CT molecular complexity index is 2080. The van der Waals surface area contributed by atoms with Crippen molar-refractivity contribution in [1.29, 1.82) is 0 Å². The molecule has 0 spiro atoms. The number of carbonyl (C=O) groups is 1. The zero-order valence-corrected chi connectivity index (χ0v) is 25.8. The van der Waals surface area contributed by atoms with Gasteiger partial charge >= 0.3 is 0 Å². The number of aromatic nitrogens is 2. The molecular weight excluding hydrogens is 594 g/mol. The summed E-state index contributed by atoms with van der Waals surface area (Å²) < 4.78 is 28.5. The van der Waals surface area contributed by atoms with E-state index in [1.54, 1.807) is 41.1 Å². The number of anilines is 2. The SMILES string of the molecule is Cc1nn(-c2ccc(S(=O)(=O)c3ccc(C(C)C)cc3)cc2)c2c1[C@@H](c1ccccc1Cl)N1C(=N2)C(=O)Nc2ccccc21. The van der Waals surface area contributed by atoms with Crippen molar-refractivity contribution in [3.63, 3.8) is 0 Å². The Morgan fingerprint density at radius 2 is 1.50 bits per heavy atom. The largest absolute Gasteiger partial charge is 0.317 e. The highest BCUT2D eigenvalue weighted by Crippen LogP contribution is 2.48. The summed E-state index contributed by atoms with van der Waals surface area (Å²) in [6.07, 6.45) is 0. The number of sulfone groups is 1. The molecule has 0 saturated carbocycles. The van der Waals surface area contributed by atoms with E-state index in [-0.39, 0.29) is 21.5 Å². The van der Waals surface area contributed by atoms with Gasteiger partial charge in [0.2, 0.25) is 15.7 Å². The molecule has 3 heterocycles. The van der Waals surface area contributed by atoms with Crippen molar-refractivity contribution in [3.8, 4) is 5.69 Å². The molecule has 0 radical (unpaired) electrons. The van der Waals surface area contributed by atoms with Gasteiger partial charge in [0.05, 0.1) is 38.6 Å². The van der Waals surface area contributed by atoms with Gasteiger partial charge < -0.3 is 10.2 Å². The molecule has 0 fully saturated rings. The van der Waals surface area contributed by atoms with E-state index in [1.165, 1.54) is 0 Å². The Labute approximate surface area is 260 Å². The number of para-hydroxylation sites is 2. The minimum atomic E-state index is -3.73. The van der Waals surface area contributed by atoms with Crippen LogP contribution in [0.1, 0.15) is 48.2 Å². The van der Waals surface area contributed by atoms with Crippen LogP contribution in [0, 0.1) is 6.92 Å². The third-order valence-electron chi connectivity index (χ3n) is 8.12. The number of aliphatic imine (C=N–C) groups is 1. The molecule has 1 amide bonds. The number of carbonyl (C=O) groups excluding carboxylic acids is 1. The lowest BCUT2D eigenvalue weighted by atomic mass is 9.93. The topological polar surface area (TPSA) is 96.7 Å². The molecule has 0 aliphatic carbocycles. The van der Waals surface area contributed by atoms with Crippen molar-refractivity contribution in [2.45, 2.75) is 42.5 Å². The molecule has 0 saturated heterocycles. The van der Waals surface area contributed by atoms with E-state index >= 15 is 0 Å². The lowest BCUT2D eigenvalue weighted by molar-refractivity contribution is -0.110. The maximum absolute atomic E-state index is 13.5. The predicted octanol–water partition coefficient (Wildman–Crippen LogP) is 7.38. The van der Waals surface area contributed by atoms with Crippen LogP contribution in [-0.2, 0) is 14.6 Å². The quantitative estimate of drug-likeness (QED) is 0.221. The average Bonchev–Trinajstić information content (AvgIpc) is 3.36. The van der Waals surface area contributed by atoms with Crippen molar-refractivity contribution >= 4 is 50.4 Å². The lowest BCUT2D eigenvalue weighted by Crippen LogP contribution is -2.48. The van der Waals surface area contributed by atoms with Crippen LogP contribution in [0.15, 0.2) is 112 Å². The molecule has 44 heavy (non-hydrogen) atoms. The van der Waals surface area contributed by atoms with Gasteiger partial charge in [-0.25, -0.2) is 18.1 Å². The standard InChI is InChI=1S/C34H28ClN5O3S/c1-20(2)22-12-16-24(17-13-22)44(42,43)25-18-14-23(15-19-25)40-32-30(21(3)38-40)31(26-8-4-5-9-27(26)35)39-29-11-7-6-10-28(29)36-34(41)33(39)37-32/h4-20,31H,1-3H3,(H,36,41)/t31-/m1/s1. The number of hydrogen-bond donors (Lipinski definition) is 1. The molecule has 1 atom stereocenters. The molecule has 2 aliphatic heterocycles. The van der Waals surface area contributed by atoms with Gasteiger partial charge in [-0.3, -0.25) is 4.79 Å². The number of nitrogens with one attached hydrogen (secondary N) is 1. The third-order valence-corrected chi connectivity index (χ3v) is 10.2. The number of benzene rings is 4. The Kier molecular flexibility index (Phi) is 6.68. The van der Waals surface area contributed by atoms with E-state index in [9.17, 15) is 13.2 Å². The Morgan fingerprint density at radius 3 is 2.18 bits per heavy atom. The fourth-order valence-corrected chi connectivity index (χ4v) is 7.35. The van der Waals surface area contributed by atoms with Crippen LogP contribution in [0.2, 0.25) is 5.02 Å². The van der Waals surface area contributed by atoms with Crippen LogP contribution in [0.3, 0.4) is 0 Å². The maximum atomic E-state index is 13.5. The van der Waals surface area contributed by atoms with Crippen molar-refractivity contribution in [2.75, 3.05) is 10.2 Å². The van der Waals surface area contributed by atoms with Gasteiger partial charge in [-0.15, -0.1) is 0 Å². The number of amidine groups is 1. The number of nitrogens with zero attached hydrogens (tertiary/aromatic N) is 4. The van der Waals surface area contributed by atoms with Crippen molar-refractivity contribution < 1.29 is 13.2 Å². The molecule has 5 aromatic rings. The first-order valence-electron chi connectivity index (χ1n) is 14.2. The van der Waals surface area contributed by atoms with E-state index in [2.05, 4.69) is 19.2 Å². The fourth-order valence-electron chi connectivity index (χ4n) is 5.85. The molecule has 7 rings (SSSR count). The Morgan fingerprint density at radius 1 is 0.864 bits per heavy atom. The lowest BCUT2D eigenvalue weighted by Gasteiger charge is -2.40. The van der Waals surface area contributed by atoms with E-state index in [4.69, 9.17) is 21.7 Å². The molecule has 0 unspecified atom stereocenters. The molecule has 10 heteroatoms. The number of fused-ring (bicyclic) bond motifs is 4. The normalized spacial score (nSPS) is 15.8. The summed E-state index contributed by atoms with van der Waals surface area (Å²) >= 11 is 6.78. The number of amides is 1. The van der Waals surface area contributed by atoms with Crippen LogP contribution in [0.5, 0.6) is 0 Å². The van der Waals surface area contributed by atoms with E-state index in [0.29, 0.717) is 33.8 Å². The first-order chi connectivity index (χ1) is 21.1. The Balaban J connectivity index is 1.35. The van der Waals surface area contributed by atoms with Crippen LogP contribution in [0.25, 0.3) is 5.69 Å². The minimum Gasteiger partial charge on any atom is -0.317 e. The van der Waals surface area contributed by atoms with Crippen molar-refractivity contribution in [3.05, 3.63) is 124 Å². The van der Waals surface area contributed by atoms with Crippen LogP contribution in [-0.4, -0.2) is 29.9 Å². The van der Waals surface area contributed by atoms with Crippen LogP contribution < -0.4 is 10.2 Å². The highest BCUT2D eigenvalue weighted by Gasteiger charge is 2.43. The molecule has 4 aromatic carbocycles. The maximum Gasteiger partial charge on any atom is 0.291 e. The van der Waals surface area contributed by atoms with Crippen molar-refractivity contribution in [2.24, 2.45) is 4.99 Å². The number of aryl methyl sites for hydroxylation is 1. The van der Waals surface area contributed by atoms with Gasteiger partial charge in [-0.2, -0.15) is 5.10 Å². The molecule has 0 bridgehead atoms. The van der Waals surface area contributed by atoms with Gasteiger partial charge in [-0.1, -0.05) is 67.9 Å². The second kappa shape index (κ2) is 10.5. The molecule has 220 valence electrons.